The predicted octanol–water partition coefficient (Wildman–Crippen LogP) is 3.29. The van der Waals surface area contributed by atoms with Gasteiger partial charge in [0.2, 0.25) is 0 Å². The fourth-order valence-corrected chi connectivity index (χ4v) is 3.92. The molecule has 3 nitrogen and oxygen atoms in total. The quantitative estimate of drug-likeness (QED) is 0.840. The first-order valence-corrected chi connectivity index (χ1v) is 7.61. The average Bonchev–Trinajstić information content (AvgIpc) is 2.99. The van der Waals surface area contributed by atoms with E-state index in [1.54, 1.807) is 11.3 Å². The first-order chi connectivity index (χ1) is 8.50. The highest BCUT2D eigenvalue weighted by atomic mass is 32.1. The monoisotopic (exact) mass is 264 g/mol. The maximum Gasteiger partial charge on any atom is 0.186 e. The van der Waals surface area contributed by atoms with Crippen molar-refractivity contribution in [1.29, 1.82) is 0 Å². The Morgan fingerprint density at radius 1 is 1.39 bits per heavy atom. The molecule has 0 atom stereocenters. The average molecular weight is 264 g/mol. The number of Topliss-reactive ketones (excluding diaryl/α,β-unsaturated/α-hetero) is 1. The second-order valence-electron chi connectivity index (χ2n) is 6.23. The molecule has 18 heavy (non-hydrogen) atoms. The molecule has 2 aliphatic carbocycles. The van der Waals surface area contributed by atoms with E-state index in [0.29, 0.717) is 12.5 Å². The van der Waals surface area contributed by atoms with Gasteiger partial charge in [-0.25, -0.2) is 4.98 Å². The Morgan fingerprint density at radius 3 is 2.72 bits per heavy atom. The standard InChI is InChI=1S/C14H20N2OS/c1-4-16(9-5-6-9)13-15-10-7-14(2,3)8-11(17)12(10)18-13/h9H,4-8H2,1-3H3. The number of thiazole rings is 1. The second-order valence-corrected chi connectivity index (χ2v) is 7.21. The third-order valence-corrected chi connectivity index (χ3v) is 4.97. The Morgan fingerprint density at radius 2 is 2.11 bits per heavy atom. The van der Waals surface area contributed by atoms with Gasteiger partial charge < -0.3 is 4.90 Å². The summed E-state index contributed by atoms with van der Waals surface area (Å²) in [5.41, 5.74) is 1.11. The lowest BCUT2D eigenvalue weighted by atomic mass is 9.78. The SMILES string of the molecule is CCN(c1nc2c(s1)C(=O)CC(C)(C)C2)C1CC1. The molecule has 1 aromatic heterocycles. The number of carbonyl (C=O) groups is 1. The molecule has 0 N–H and O–H groups in total. The van der Waals surface area contributed by atoms with Crippen LogP contribution < -0.4 is 4.90 Å². The molecule has 0 saturated heterocycles. The minimum absolute atomic E-state index is 0.0754. The molecule has 0 aromatic carbocycles. The van der Waals surface area contributed by atoms with Crippen LogP contribution in [0.15, 0.2) is 0 Å². The van der Waals surface area contributed by atoms with Gasteiger partial charge in [-0.05, 0) is 31.6 Å². The molecule has 3 rings (SSSR count). The van der Waals surface area contributed by atoms with Gasteiger partial charge in [0.15, 0.2) is 10.9 Å². The summed E-state index contributed by atoms with van der Waals surface area (Å²) in [7, 11) is 0. The summed E-state index contributed by atoms with van der Waals surface area (Å²) in [4.78, 5) is 20.2. The number of anilines is 1. The first kappa shape index (κ1) is 12.2. The third-order valence-electron chi connectivity index (χ3n) is 3.80. The van der Waals surface area contributed by atoms with Gasteiger partial charge in [0.05, 0.1) is 10.6 Å². The van der Waals surface area contributed by atoms with Crippen molar-refractivity contribution in [3.8, 4) is 0 Å². The minimum atomic E-state index is 0.0754. The van der Waals surface area contributed by atoms with Crippen LogP contribution in [0.3, 0.4) is 0 Å². The molecule has 1 saturated carbocycles. The van der Waals surface area contributed by atoms with Gasteiger partial charge in [0, 0.05) is 19.0 Å². The van der Waals surface area contributed by atoms with Crippen LogP contribution in [0.2, 0.25) is 0 Å². The molecule has 98 valence electrons. The Labute approximate surface area is 112 Å². The molecule has 4 heteroatoms. The zero-order valence-electron chi connectivity index (χ0n) is 11.3. The summed E-state index contributed by atoms with van der Waals surface area (Å²) in [6, 6.07) is 0.672. The smallest absolute Gasteiger partial charge is 0.186 e. The maximum atomic E-state index is 12.2. The van der Waals surface area contributed by atoms with Gasteiger partial charge in [0.25, 0.3) is 0 Å². The topological polar surface area (TPSA) is 33.2 Å². The molecule has 2 aliphatic rings. The Hall–Kier alpha value is -0.900. The van der Waals surface area contributed by atoms with E-state index in [2.05, 4.69) is 25.7 Å². The second kappa shape index (κ2) is 4.05. The van der Waals surface area contributed by atoms with E-state index in [1.165, 1.54) is 12.8 Å². The summed E-state index contributed by atoms with van der Waals surface area (Å²) < 4.78 is 0. The number of hydrogen-bond acceptors (Lipinski definition) is 4. The lowest BCUT2D eigenvalue weighted by Gasteiger charge is -2.26. The lowest BCUT2D eigenvalue weighted by molar-refractivity contribution is 0.0916. The van der Waals surface area contributed by atoms with E-state index >= 15 is 0 Å². The number of fused-ring (bicyclic) bond motifs is 1. The van der Waals surface area contributed by atoms with Crippen molar-refractivity contribution in [2.45, 2.75) is 52.5 Å². The van der Waals surface area contributed by atoms with Crippen LogP contribution in [0.5, 0.6) is 0 Å². The summed E-state index contributed by atoms with van der Waals surface area (Å²) in [5, 5.41) is 1.07. The van der Waals surface area contributed by atoms with Gasteiger partial charge in [-0.2, -0.15) is 0 Å². The Bertz CT molecular complexity index is 488. The zero-order chi connectivity index (χ0) is 12.9. The van der Waals surface area contributed by atoms with Crippen molar-refractivity contribution in [3.05, 3.63) is 10.6 Å². The molecule has 0 amide bonds. The number of ketones is 1. The maximum absolute atomic E-state index is 12.2. The van der Waals surface area contributed by atoms with E-state index in [-0.39, 0.29) is 11.2 Å². The Kier molecular flexibility index (Phi) is 2.73. The highest BCUT2D eigenvalue weighted by Crippen LogP contribution is 2.41. The van der Waals surface area contributed by atoms with Crippen LogP contribution >= 0.6 is 11.3 Å². The van der Waals surface area contributed by atoms with Crippen molar-refractivity contribution < 1.29 is 4.79 Å². The van der Waals surface area contributed by atoms with Crippen LogP contribution in [-0.4, -0.2) is 23.4 Å². The minimum Gasteiger partial charge on any atom is -0.345 e. The van der Waals surface area contributed by atoms with E-state index in [0.717, 1.165) is 28.7 Å². The largest absolute Gasteiger partial charge is 0.345 e. The van der Waals surface area contributed by atoms with Crippen molar-refractivity contribution in [2.24, 2.45) is 5.41 Å². The fourth-order valence-electron chi connectivity index (χ4n) is 2.77. The highest BCUT2D eigenvalue weighted by molar-refractivity contribution is 7.17. The zero-order valence-corrected chi connectivity index (χ0v) is 12.1. The Balaban J connectivity index is 1.94. The van der Waals surface area contributed by atoms with Gasteiger partial charge in [-0.3, -0.25) is 4.79 Å². The summed E-state index contributed by atoms with van der Waals surface area (Å²) in [5.74, 6) is 0.289. The van der Waals surface area contributed by atoms with Crippen LogP contribution in [0.25, 0.3) is 0 Å². The highest BCUT2D eigenvalue weighted by Gasteiger charge is 2.36. The van der Waals surface area contributed by atoms with Crippen molar-refractivity contribution >= 4 is 22.3 Å². The molecule has 0 radical (unpaired) electrons. The fraction of sp³-hybridized carbons (Fsp3) is 0.714. The molecule has 0 spiro atoms. The normalized spacial score (nSPS) is 21.8. The van der Waals surface area contributed by atoms with Crippen LogP contribution in [0.1, 0.15) is 55.4 Å². The number of rotatable bonds is 3. The summed E-state index contributed by atoms with van der Waals surface area (Å²) in [6.07, 6.45) is 4.15. The molecule has 0 unspecified atom stereocenters. The van der Waals surface area contributed by atoms with Gasteiger partial charge >= 0.3 is 0 Å². The van der Waals surface area contributed by atoms with E-state index in [4.69, 9.17) is 4.98 Å². The van der Waals surface area contributed by atoms with E-state index < -0.39 is 0 Å². The van der Waals surface area contributed by atoms with Crippen LogP contribution in [0.4, 0.5) is 5.13 Å². The molecule has 0 bridgehead atoms. The predicted molar refractivity (Wildman–Crippen MR) is 74.6 cm³/mol. The molecule has 1 heterocycles. The van der Waals surface area contributed by atoms with Crippen molar-refractivity contribution in [1.82, 2.24) is 4.98 Å². The molecule has 1 fully saturated rings. The molecule has 0 aliphatic heterocycles. The number of carbonyl (C=O) groups excluding carboxylic acids is 1. The summed E-state index contributed by atoms with van der Waals surface area (Å²) >= 11 is 1.61. The number of nitrogens with zero attached hydrogens (tertiary/aromatic N) is 2. The molecular weight excluding hydrogens is 244 g/mol. The van der Waals surface area contributed by atoms with Gasteiger partial charge in [-0.1, -0.05) is 25.2 Å². The summed E-state index contributed by atoms with van der Waals surface area (Å²) in [6.45, 7) is 7.48. The third kappa shape index (κ3) is 2.07. The van der Waals surface area contributed by atoms with Crippen LogP contribution in [-0.2, 0) is 6.42 Å². The first-order valence-electron chi connectivity index (χ1n) is 6.80. The van der Waals surface area contributed by atoms with Crippen molar-refractivity contribution in [2.75, 3.05) is 11.4 Å². The molecule has 1 aromatic rings. The van der Waals surface area contributed by atoms with Gasteiger partial charge in [0.1, 0.15) is 0 Å². The van der Waals surface area contributed by atoms with Crippen molar-refractivity contribution in [3.63, 3.8) is 0 Å². The van der Waals surface area contributed by atoms with E-state index in [9.17, 15) is 4.79 Å². The van der Waals surface area contributed by atoms with E-state index in [1.807, 2.05) is 0 Å². The van der Waals surface area contributed by atoms with Gasteiger partial charge in [-0.15, -0.1) is 0 Å². The number of hydrogen-bond donors (Lipinski definition) is 0. The lowest BCUT2D eigenvalue weighted by Crippen LogP contribution is -2.26. The van der Waals surface area contributed by atoms with Crippen LogP contribution in [0, 0.1) is 5.41 Å². The molecular formula is C14H20N2OS. The number of aromatic nitrogens is 1.